The Hall–Kier alpha value is -2.25. The molecule has 1 aromatic rings. The van der Waals surface area contributed by atoms with Gasteiger partial charge in [0.25, 0.3) is 5.91 Å². The minimum Gasteiger partial charge on any atom is -0.329 e. The number of amides is 3. The molecule has 0 radical (unpaired) electrons. The van der Waals surface area contributed by atoms with Gasteiger partial charge >= 0.3 is 0 Å². The number of carbonyl (C=O) groups is 3. The van der Waals surface area contributed by atoms with Gasteiger partial charge < -0.3 is 10.6 Å². The first kappa shape index (κ1) is 18.1. The van der Waals surface area contributed by atoms with Crippen LogP contribution in [0.2, 0.25) is 0 Å². The lowest BCUT2D eigenvalue weighted by atomic mass is 10.00. The van der Waals surface area contributed by atoms with Crippen molar-refractivity contribution in [1.29, 1.82) is 0 Å². The van der Waals surface area contributed by atoms with E-state index in [1.54, 1.807) is 4.90 Å². The fraction of sp³-hybridized carbons (Fsp3) is 0.550. The third-order valence-electron chi connectivity index (χ3n) is 5.99. The number of hydrogen-bond donors (Lipinski definition) is 2. The van der Waals surface area contributed by atoms with E-state index in [0.717, 1.165) is 25.1 Å². The van der Waals surface area contributed by atoms with Crippen molar-refractivity contribution < 1.29 is 14.4 Å². The van der Waals surface area contributed by atoms with Gasteiger partial charge in [0.15, 0.2) is 0 Å². The van der Waals surface area contributed by atoms with E-state index in [1.807, 2.05) is 12.1 Å². The van der Waals surface area contributed by atoms with Crippen LogP contribution < -0.4 is 11.1 Å². The SMILES string of the molecule is NC[C@H]1CCCCN1Cc1ccc2c(c1)CN(C1CCC(=O)NC1=O)C2=O. The normalized spacial score (nSPS) is 26.3. The van der Waals surface area contributed by atoms with E-state index < -0.39 is 6.04 Å². The van der Waals surface area contributed by atoms with Crippen LogP contribution in [-0.2, 0) is 22.7 Å². The Morgan fingerprint density at radius 3 is 2.78 bits per heavy atom. The summed E-state index contributed by atoms with van der Waals surface area (Å²) in [5.41, 5.74) is 8.72. The maximum absolute atomic E-state index is 12.8. The molecule has 3 aliphatic heterocycles. The van der Waals surface area contributed by atoms with Gasteiger partial charge in [-0.15, -0.1) is 0 Å². The first-order valence-electron chi connectivity index (χ1n) is 9.77. The number of imide groups is 1. The third kappa shape index (κ3) is 3.49. The van der Waals surface area contributed by atoms with E-state index in [0.29, 0.717) is 31.1 Å². The Morgan fingerprint density at radius 1 is 1.15 bits per heavy atom. The summed E-state index contributed by atoms with van der Waals surface area (Å²) in [5.74, 6) is -0.755. The molecule has 3 amide bonds. The van der Waals surface area contributed by atoms with Gasteiger partial charge in [0, 0.05) is 37.7 Å². The summed E-state index contributed by atoms with van der Waals surface area (Å²) in [6.45, 7) is 2.99. The summed E-state index contributed by atoms with van der Waals surface area (Å²) in [6, 6.07) is 5.83. The molecular formula is C20H26N4O3. The minimum absolute atomic E-state index is 0.121. The molecule has 7 heteroatoms. The molecule has 3 N–H and O–H groups in total. The minimum atomic E-state index is -0.560. The van der Waals surface area contributed by atoms with Gasteiger partial charge in [-0.05, 0) is 43.0 Å². The van der Waals surface area contributed by atoms with Crippen molar-refractivity contribution in [3.8, 4) is 0 Å². The number of piperidine rings is 2. The van der Waals surface area contributed by atoms with Gasteiger partial charge in [0.05, 0.1) is 0 Å². The molecule has 2 atom stereocenters. The largest absolute Gasteiger partial charge is 0.329 e. The van der Waals surface area contributed by atoms with Crippen molar-refractivity contribution in [1.82, 2.24) is 15.1 Å². The third-order valence-corrected chi connectivity index (χ3v) is 5.99. The van der Waals surface area contributed by atoms with Crippen LogP contribution in [0.25, 0.3) is 0 Å². The number of benzene rings is 1. The fourth-order valence-corrected chi connectivity index (χ4v) is 4.50. The highest BCUT2D eigenvalue weighted by Crippen LogP contribution is 2.29. The highest BCUT2D eigenvalue weighted by Gasteiger charge is 2.39. The Bertz CT molecular complexity index is 778. The number of likely N-dealkylation sites (tertiary alicyclic amines) is 1. The van der Waals surface area contributed by atoms with Gasteiger partial charge in [0.1, 0.15) is 6.04 Å². The number of hydrogen-bond acceptors (Lipinski definition) is 5. The molecule has 0 saturated carbocycles. The quantitative estimate of drug-likeness (QED) is 0.763. The molecule has 3 aliphatic rings. The number of nitrogens with zero attached hydrogens (tertiary/aromatic N) is 2. The molecule has 1 unspecified atom stereocenters. The second-order valence-corrected chi connectivity index (χ2v) is 7.75. The molecule has 0 aromatic heterocycles. The maximum Gasteiger partial charge on any atom is 0.255 e. The van der Waals surface area contributed by atoms with Crippen LogP contribution in [0.5, 0.6) is 0 Å². The standard InChI is InChI=1S/C20H26N4O3/c21-10-15-3-1-2-8-23(15)11-13-4-5-16-14(9-13)12-24(20(16)27)17-6-7-18(25)22-19(17)26/h4-5,9,15,17H,1-3,6-8,10-12,21H2,(H,22,25,26)/t15-,17?/m1/s1. The van der Waals surface area contributed by atoms with Crippen molar-refractivity contribution in [3.63, 3.8) is 0 Å². The van der Waals surface area contributed by atoms with E-state index in [2.05, 4.69) is 16.3 Å². The Kier molecular flexibility index (Phi) is 4.97. The molecule has 0 bridgehead atoms. The van der Waals surface area contributed by atoms with E-state index in [9.17, 15) is 14.4 Å². The molecule has 144 valence electrons. The van der Waals surface area contributed by atoms with E-state index in [1.165, 1.54) is 18.4 Å². The summed E-state index contributed by atoms with van der Waals surface area (Å²) >= 11 is 0. The van der Waals surface area contributed by atoms with Crippen LogP contribution in [0.3, 0.4) is 0 Å². The van der Waals surface area contributed by atoms with Crippen LogP contribution in [0, 0.1) is 0 Å². The van der Waals surface area contributed by atoms with E-state index in [4.69, 9.17) is 5.73 Å². The second-order valence-electron chi connectivity index (χ2n) is 7.75. The predicted molar refractivity (Wildman–Crippen MR) is 99.6 cm³/mol. The summed E-state index contributed by atoms with van der Waals surface area (Å²) in [5, 5.41) is 2.34. The van der Waals surface area contributed by atoms with Crippen LogP contribution in [0.1, 0.15) is 53.6 Å². The van der Waals surface area contributed by atoms with Gasteiger partial charge in [-0.1, -0.05) is 18.6 Å². The first-order valence-corrected chi connectivity index (χ1v) is 9.77. The Balaban J connectivity index is 1.49. The van der Waals surface area contributed by atoms with Crippen LogP contribution >= 0.6 is 0 Å². The fourth-order valence-electron chi connectivity index (χ4n) is 4.50. The van der Waals surface area contributed by atoms with Crippen LogP contribution in [-0.4, -0.2) is 52.7 Å². The zero-order valence-electron chi connectivity index (χ0n) is 15.4. The highest BCUT2D eigenvalue weighted by atomic mass is 16.2. The molecule has 7 nitrogen and oxygen atoms in total. The molecule has 27 heavy (non-hydrogen) atoms. The van der Waals surface area contributed by atoms with Gasteiger partial charge in [-0.2, -0.15) is 0 Å². The molecule has 2 saturated heterocycles. The summed E-state index contributed by atoms with van der Waals surface area (Å²) < 4.78 is 0. The smallest absolute Gasteiger partial charge is 0.255 e. The number of fused-ring (bicyclic) bond motifs is 1. The summed E-state index contributed by atoms with van der Waals surface area (Å²) in [6.07, 6.45) is 4.24. The average Bonchev–Trinajstić information content (AvgIpc) is 2.98. The van der Waals surface area contributed by atoms with Gasteiger partial charge in [0.2, 0.25) is 11.8 Å². The van der Waals surface area contributed by atoms with Crippen molar-refractivity contribution in [2.75, 3.05) is 13.1 Å². The lowest BCUT2D eigenvalue weighted by molar-refractivity contribution is -0.136. The predicted octanol–water partition coefficient (Wildman–Crippen LogP) is 0.761. The lowest BCUT2D eigenvalue weighted by Gasteiger charge is -2.35. The number of nitrogens with two attached hydrogens (primary N) is 1. The molecule has 3 heterocycles. The first-order chi connectivity index (χ1) is 13.1. The van der Waals surface area contributed by atoms with E-state index >= 15 is 0 Å². The lowest BCUT2D eigenvalue weighted by Crippen LogP contribution is -2.52. The molecule has 0 aliphatic carbocycles. The zero-order valence-corrected chi connectivity index (χ0v) is 15.4. The van der Waals surface area contributed by atoms with Crippen molar-refractivity contribution in [3.05, 3.63) is 34.9 Å². The van der Waals surface area contributed by atoms with Crippen molar-refractivity contribution in [2.24, 2.45) is 5.73 Å². The Morgan fingerprint density at radius 2 is 2.00 bits per heavy atom. The van der Waals surface area contributed by atoms with Crippen LogP contribution in [0.4, 0.5) is 0 Å². The number of rotatable bonds is 4. The van der Waals surface area contributed by atoms with Crippen molar-refractivity contribution in [2.45, 2.75) is 57.3 Å². The molecule has 0 spiro atoms. The Labute approximate surface area is 158 Å². The second kappa shape index (κ2) is 7.40. The van der Waals surface area contributed by atoms with Crippen LogP contribution in [0.15, 0.2) is 18.2 Å². The topological polar surface area (TPSA) is 95.7 Å². The average molecular weight is 370 g/mol. The molecular weight excluding hydrogens is 344 g/mol. The molecule has 2 fully saturated rings. The van der Waals surface area contributed by atoms with Gasteiger partial charge in [-0.25, -0.2) is 0 Å². The monoisotopic (exact) mass is 370 g/mol. The highest BCUT2D eigenvalue weighted by molar-refractivity contribution is 6.05. The van der Waals surface area contributed by atoms with E-state index in [-0.39, 0.29) is 24.1 Å². The summed E-state index contributed by atoms with van der Waals surface area (Å²) in [4.78, 5) is 40.3. The summed E-state index contributed by atoms with van der Waals surface area (Å²) in [7, 11) is 0. The zero-order chi connectivity index (χ0) is 19.0. The maximum atomic E-state index is 12.8. The van der Waals surface area contributed by atoms with Gasteiger partial charge in [-0.3, -0.25) is 24.6 Å². The number of nitrogens with one attached hydrogen (secondary N) is 1. The molecule has 1 aromatic carbocycles. The molecule has 4 rings (SSSR count). The number of carbonyl (C=O) groups excluding carboxylic acids is 3. The van der Waals surface area contributed by atoms with Crippen molar-refractivity contribution >= 4 is 17.7 Å².